The lowest BCUT2D eigenvalue weighted by Gasteiger charge is -2.26. The van der Waals surface area contributed by atoms with Crippen LogP contribution in [0.4, 0.5) is 0 Å². The fraction of sp³-hybridized carbons (Fsp3) is 0.462. The van der Waals surface area contributed by atoms with Crippen molar-refractivity contribution in [3.63, 3.8) is 0 Å². The molecule has 8 heteroatoms. The number of nitrogens with zero attached hydrogens (tertiary/aromatic N) is 3. The molecule has 0 unspecified atom stereocenters. The average Bonchev–Trinajstić information content (AvgIpc) is 3.32. The maximum atomic E-state index is 13.3. The Labute approximate surface area is 203 Å². The molecule has 0 atom stereocenters. The molecule has 2 aliphatic rings. The smallest absolute Gasteiger partial charge is 0.259 e. The number of likely N-dealkylation sites (N-methyl/N-ethyl adjacent to an activating group) is 1. The van der Waals surface area contributed by atoms with Gasteiger partial charge in [-0.25, -0.2) is 5.53 Å². The van der Waals surface area contributed by atoms with Crippen molar-refractivity contribution < 1.29 is 9.53 Å². The summed E-state index contributed by atoms with van der Waals surface area (Å²) < 4.78 is 5.58. The first kappa shape index (κ1) is 25.5. The van der Waals surface area contributed by atoms with E-state index in [-0.39, 0.29) is 11.9 Å². The van der Waals surface area contributed by atoms with Gasteiger partial charge in [0.05, 0.1) is 12.7 Å². The number of rotatable bonds is 8. The van der Waals surface area contributed by atoms with E-state index in [2.05, 4.69) is 54.2 Å². The van der Waals surface area contributed by atoms with Crippen LogP contribution in [0.2, 0.25) is 0 Å². The molecule has 0 aromatic heterocycles. The molecule has 0 fully saturated rings. The van der Waals surface area contributed by atoms with Gasteiger partial charge in [-0.15, -0.1) is 10.6 Å². The minimum Gasteiger partial charge on any atom is -0.496 e. The highest BCUT2D eigenvalue weighted by molar-refractivity contribution is 5.99. The van der Waals surface area contributed by atoms with E-state index in [0.29, 0.717) is 11.3 Å². The van der Waals surface area contributed by atoms with Crippen molar-refractivity contribution in [2.45, 2.75) is 60.0 Å². The van der Waals surface area contributed by atoms with E-state index < -0.39 is 0 Å². The van der Waals surface area contributed by atoms with Crippen LogP contribution in [-0.2, 0) is 13.0 Å². The number of carbonyl (C=O) groups is 1. The van der Waals surface area contributed by atoms with E-state index in [4.69, 9.17) is 4.74 Å². The Morgan fingerprint density at radius 3 is 2.74 bits per heavy atom. The van der Waals surface area contributed by atoms with Gasteiger partial charge in [-0.2, -0.15) is 0 Å². The summed E-state index contributed by atoms with van der Waals surface area (Å²) in [5.74, 6) is 1.29. The number of allylic oxidation sites excluding steroid dienone is 4. The third-order valence-electron chi connectivity index (χ3n) is 6.25. The van der Waals surface area contributed by atoms with Gasteiger partial charge in [0.15, 0.2) is 5.84 Å². The van der Waals surface area contributed by atoms with E-state index in [1.165, 1.54) is 11.1 Å². The SMILES string of the molecule is CCC(C)=C(/C=C\C=C(/C)C1=NNNN1C(C)C)NC(=O)c1cc2c(cc1OC)CCN(C)C2. The van der Waals surface area contributed by atoms with Gasteiger partial charge in [-0.3, -0.25) is 9.80 Å². The molecule has 1 aromatic carbocycles. The fourth-order valence-corrected chi connectivity index (χ4v) is 4.00. The van der Waals surface area contributed by atoms with Crippen molar-refractivity contribution in [1.29, 1.82) is 0 Å². The van der Waals surface area contributed by atoms with Crippen LogP contribution in [-0.4, -0.2) is 48.4 Å². The molecule has 3 rings (SSSR count). The van der Waals surface area contributed by atoms with Crippen molar-refractivity contribution in [2.24, 2.45) is 5.10 Å². The Balaban J connectivity index is 1.81. The minimum absolute atomic E-state index is 0.166. The highest BCUT2D eigenvalue weighted by Gasteiger charge is 2.22. The van der Waals surface area contributed by atoms with Gasteiger partial charge < -0.3 is 15.0 Å². The number of hydrazone groups is 1. The molecule has 0 aliphatic carbocycles. The van der Waals surface area contributed by atoms with Crippen molar-refractivity contribution in [2.75, 3.05) is 20.7 Å². The number of hydrazine groups is 2. The third kappa shape index (κ3) is 5.87. The standard InChI is InChI=1S/C26H38N6O2/c1-8-18(4)23(11-9-10-19(5)25-28-29-30-32(25)17(2)3)27-26(33)22-14-21-16-31(6)13-12-20(21)15-24(22)34-7/h9-11,14-15,17,29-30H,8,12-13,16H2,1-7H3,(H,27,33)/b11-9-,19-10+,23-18?. The average molecular weight is 467 g/mol. The molecule has 2 heterocycles. The Morgan fingerprint density at radius 1 is 1.29 bits per heavy atom. The first-order chi connectivity index (χ1) is 16.2. The van der Waals surface area contributed by atoms with Crippen molar-refractivity contribution in [3.05, 3.63) is 63.9 Å². The summed E-state index contributed by atoms with van der Waals surface area (Å²) in [6.07, 6.45) is 7.67. The first-order valence-corrected chi connectivity index (χ1v) is 11.9. The second-order valence-corrected chi connectivity index (χ2v) is 9.14. The molecule has 0 saturated carbocycles. The molecule has 0 bridgehead atoms. The summed E-state index contributed by atoms with van der Waals surface area (Å²) in [4.78, 5) is 15.6. The predicted octanol–water partition coefficient (Wildman–Crippen LogP) is 3.65. The largest absolute Gasteiger partial charge is 0.496 e. The summed E-state index contributed by atoms with van der Waals surface area (Å²) in [5.41, 5.74) is 11.7. The summed E-state index contributed by atoms with van der Waals surface area (Å²) in [6.45, 7) is 12.1. The number of benzene rings is 1. The summed E-state index contributed by atoms with van der Waals surface area (Å²) in [5, 5.41) is 9.40. The molecule has 3 N–H and O–H groups in total. The molecule has 8 nitrogen and oxygen atoms in total. The van der Waals surface area contributed by atoms with Gasteiger partial charge >= 0.3 is 0 Å². The number of ether oxygens (including phenoxy) is 1. The minimum atomic E-state index is -0.166. The molecule has 1 aromatic rings. The molecule has 34 heavy (non-hydrogen) atoms. The lowest BCUT2D eigenvalue weighted by Crippen LogP contribution is -2.45. The van der Waals surface area contributed by atoms with Gasteiger partial charge in [0.2, 0.25) is 0 Å². The van der Waals surface area contributed by atoms with E-state index in [1.807, 2.05) is 49.2 Å². The number of hydrogen-bond donors (Lipinski definition) is 3. The first-order valence-electron chi connectivity index (χ1n) is 11.9. The van der Waals surface area contributed by atoms with E-state index in [9.17, 15) is 4.79 Å². The van der Waals surface area contributed by atoms with Crippen LogP contribution < -0.4 is 21.1 Å². The van der Waals surface area contributed by atoms with E-state index in [1.54, 1.807) is 7.11 Å². The van der Waals surface area contributed by atoms with Crippen molar-refractivity contribution >= 4 is 11.7 Å². The number of hydrogen-bond acceptors (Lipinski definition) is 7. The highest BCUT2D eigenvalue weighted by atomic mass is 16.5. The monoisotopic (exact) mass is 466 g/mol. The van der Waals surface area contributed by atoms with Crippen molar-refractivity contribution in [3.8, 4) is 5.75 Å². The van der Waals surface area contributed by atoms with Gasteiger partial charge in [0.25, 0.3) is 5.91 Å². The number of amidine groups is 1. The van der Waals surface area contributed by atoms with E-state index in [0.717, 1.165) is 48.6 Å². The Bertz CT molecular complexity index is 1040. The molecule has 0 spiro atoms. The Hall–Kier alpha value is -3.10. The lowest BCUT2D eigenvalue weighted by atomic mass is 9.96. The Kier molecular flexibility index (Phi) is 8.52. The van der Waals surface area contributed by atoms with Gasteiger partial charge in [-0.05, 0) is 88.1 Å². The summed E-state index contributed by atoms with van der Waals surface area (Å²) >= 11 is 0. The number of methoxy groups -OCH3 is 1. The number of carbonyl (C=O) groups excluding carboxylic acids is 1. The van der Waals surface area contributed by atoms with Gasteiger partial charge in [0.1, 0.15) is 5.75 Å². The molecular weight excluding hydrogens is 428 g/mol. The predicted molar refractivity (Wildman–Crippen MR) is 137 cm³/mol. The van der Waals surface area contributed by atoms with Crippen LogP contribution in [0.3, 0.4) is 0 Å². The zero-order chi connectivity index (χ0) is 24.8. The number of amides is 1. The fourth-order valence-electron chi connectivity index (χ4n) is 4.00. The van der Waals surface area contributed by atoms with Crippen LogP contribution in [0.25, 0.3) is 0 Å². The molecule has 2 aliphatic heterocycles. The Morgan fingerprint density at radius 2 is 2.06 bits per heavy atom. The van der Waals surface area contributed by atoms with Crippen LogP contribution in [0.1, 0.15) is 62.5 Å². The second kappa shape index (κ2) is 11.4. The zero-order valence-corrected chi connectivity index (χ0v) is 21.5. The zero-order valence-electron chi connectivity index (χ0n) is 21.5. The third-order valence-corrected chi connectivity index (χ3v) is 6.25. The molecule has 1 amide bonds. The van der Waals surface area contributed by atoms with Gasteiger partial charge in [-0.1, -0.05) is 19.1 Å². The maximum absolute atomic E-state index is 13.3. The molecule has 184 valence electrons. The van der Waals surface area contributed by atoms with Crippen LogP contribution >= 0.6 is 0 Å². The molecule has 0 radical (unpaired) electrons. The number of nitrogens with one attached hydrogen (secondary N) is 3. The van der Waals surface area contributed by atoms with Crippen LogP contribution in [0.15, 0.2) is 52.3 Å². The second-order valence-electron chi connectivity index (χ2n) is 9.14. The summed E-state index contributed by atoms with van der Waals surface area (Å²) in [6, 6.07) is 4.24. The van der Waals surface area contributed by atoms with Crippen LogP contribution in [0, 0.1) is 0 Å². The van der Waals surface area contributed by atoms with Gasteiger partial charge in [0, 0.05) is 24.8 Å². The van der Waals surface area contributed by atoms with Crippen LogP contribution in [0.5, 0.6) is 5.75 Å². The maximum Gasteiger partial charge on any atom is 0.259 e. The number of fused-ring (bicyclic) bond motifs is 1. The van der Waals surface area contributed by atoms with Crippen molar-refractivity contribution in [1.82, 2.24) is 26.3 Å². The van der Waals surface area contributed by atoms with E-state index >= 15 is 0 Å². The highest BCUT2D eigenvalue weighted by Crippen LogP contribution is 2.28. The molecule has 0 saturated heterocycles. The quantitative estimate of drug-likeness (QED) is 0.508. The summed E-state index contributed by atoms with van der Waals surface area (Å²) in [7, 11) is 3.72. The normalized spacial score (nSPS) is 17.5. The lowest BCUT2D eigenvalue weighted by molar-refractivity contribution is 0.0963. The topological polar surface area (TPSA) is 81.2 Å². The molecular formula is C26H38N6O2.